The summed E-state index contributed by atoms with van der Waals surface area (Å²) in [4.78, 5) is 2.05. The van der Waals surface area contributed by atoms with Gasteiger partial charge in [-0.25, -0.2) is 4.39 Å². The lowest BCUT2D eigenvalue weighted by atomic mass is 10.4. The lowest BCUT2D eigenvalue weighted by molar-refractivity contribution is 0.620. The second-order valence-electron chi connectivity index (χ2n) is 1.60. The van der Waals surface area contributed by atoms with Crippen molar-refractivity contribution in [2.75, 3.05) is 4.93 Å². The SMILES string of the molecule is C[I]c1ccccc1F. The van der Waals surface area contributed by atoms with Gasteiger partial charge in [-0.15, -0.1) is 21.2 Å². The second kappa shape index (κ2) is 3.15. The van der Waals surface area contributed by atoms with E-state index in [2.05, 4.69) is 4.93 Å². The van der Waals surface area contributed by atoms with Gasteiger partial charge in [0.1, 0.15) is 5.82 Å². The van der Waals surface area contributed by atoms with Crippen LogP contribution in [-0.4, -0.2) is 4.93 Å². The summed E-state index contributed by atoms with van der Waals surface area (Å²) in [5, 5.41) is 0. The maximum atomic E-state index is 12.6. The van der Waals surface area contributed by atoms with Gasteiger partial charge in [0.2, 0.25) is 0 Å². The third-order valence-corrected chi connectivity index (χ3v) is 3.07. The Balaban J connectivity index is 3.01. The topological polar surface area (TPSA) is 0 Å². The molecule has 0 atom stereocenters. The minimum atomic E-state index is -0.0874. The van der Waals surface area contributed by atoms with Crippen LogP contribution in [0.5, 0.6) is 0 Å². The van der Waals surface area contributed by atoms with Gasteiger partial charge in [0.25, 0.3) is 0 Å². The van der Waals surface area contributed by atoms with Crippen LogP contribution in [0.2, 0.25) is 0 Å². The van der Waals surface area contributed by atoms with Gasteiger partial charge < -0.3 is 0 Å². The highest BCUT2D eigenvalue weighted by molar-refractivity contribution is 14.2. The van der Waals surface area contributed by atoms with E-state index in [-0.39, 0.29) is 27.0 Å². The van der Waals surface area contributed by atoms with Crippen molar-refractivity contribution in [1.82, 2.24) is 0 Å². The Bertz CT molecular complexity index is 198. The third-order valence-electron chi connectivity index (χ3n) is 1.03. The van der Waals surface area contributed by atoms with Gasteiger partial charge in [0.15, 0.2) is 0 Å². The zero-order valence-electron chi connectivity index (χ0n) is 5.07. The first-order valence-electron chi connectivity index (χ1n) is 2.58. The molecule has 49 valence electrons. The molecule has 0 heterocycles. The largest absolute Gasteiger partial charge is 0.206 e. The monoisotopic (exact) mass is 237 g/mol. The molecule has 0 aromatic heterocycles. The van der Waals surface area contributed by atoms with Crippen molar-refractivity contribution >= 4 is 21.2 Å². The van der Waals surface area contributed by atoms with E-state index >= 15 is 0 Å². The van der Waals surface area contributed by atoms with Crippen molar-refractivity contribution in [1.29, 1.82) is 0 Å². The van der Waals surface area contributed by atoms with Crippen LogP contribution in [0.4, 0.5) is 4.39 Å². The second-order valence-corrected chi connectivity index (χ2v) is 3.84. The van der Waals surface area contributed by atoms with Crippen LogP contribution in [0.3, 0.4) is 0 Å². The average Bonchev–Trinajstić information content (AvgIpc) is 1.89. The zero-order valence-corrected chi connectivity index (χ0v) is 7.22. The first-order valence-corrected chi connectivity index (χ1v) is 5.82. The van der Waals surface area contributed by atoms with Crippen LogP contribution in [0.15, 0.2) is 24.3 Å². The molecule has 0 spiro atoms. The Labute approximate surface area is 64.3 Å². The van der Waals surface area contributed by atoms with Crippen LogP contribution in [-0.2, 0) is 0 Å². The van der Waals surface area contributed by atoms with Gasteiger partial charge in [0.05, 0.1) is 0 Å². The summed E-state index contributed by atoms with van der Waals surface area (Å²) in [6.07, 6.45) is 0. The molecule has 0 bridgehead atoms. The van der Waals surface area contributed by atoms with Crippen LogP contribution in [0.25, 0.3) is 0 Å². The Morgan fingerprint density at radius 3 is 2.44 bits per heavy atom. The van der Waals surface area contributed by atoms with E-state index in [1.54, 1.807) is 6.07 Å². The molecule has 0 aliphatic rings. The summed E-state index contributed by atoms with van der Waals surface area (Å²) in [7, 11) is 0. The van der Waals surface area contributed by atoms with Crippen LogP contribution >= 0.6 is 21.2 Å². The van der Waals surface area contributed by atoms with Gasteiger partial charge in [-0.2, -0.15) is 0 Å². The summed E-state index contributed by atoms with van der Waals surface area (Å²) in [6, 6.07) is 6.96. The fraction of sp³-hybridized carbons (Fsp3) is 0.143. The summed E-state index contributed by atoms with van der Waals surface area (Å²) in [6.45, 7) is 0. The highest BCUT2D eigenvalue weighted by Crippen LogP contribution is 2.18. The highest BCUT2D eigenvalue weighted by Gasteiger charge is 1.94. The van der Waals surface area contributed by atoms with Gasteiger partial charge in [0, 0.05) is 3.57 Å². The predicted octanol–water partition coefficient (Wildman–Crippen LogP) is 2.60. The molecule has 0 saturated carbocycles. The first kappa shape index (κ1) is 6.99. The number of halogens is 2. The minimum Gasteiger partial charge on any atom is -0.206 e. The van der Waals surface area contributed by atoms with Gasteiger partial charge in [-0.1, -0.05) is 12.1 Å². The van der Waals surface area contributed by atoms with Crippen molar-refractivity contribution in [2.24, 2.45) is 0 Å². The van der Waals surface area contributed by atoms with E-state index < -0.39 is 0 Å². The van der Waals surface area contributed by atoms with Gasteiger partial charge in [-0.3, -0.25) is 0 Å². The average molecular weight is 237 g/mol. The summed E-state index contributed by atoms with van der Waals surface area (Å²) < 4.78 is 13.5. The van der Waals surface area contributed by atoms with E-state index in [0.717, 1.165) is 3.57 Å². The molecular formula is C7H7FI. The molecule has 0 aliphatic carbocycles. The fourth-order valence-electron chi connectivity index (χ4n) is 0.593. The Morgan fingerprint density at radius 1 is 1.33 bits per heavy atom. The molecular weight excluding hydrogens is 230 g/mol. The molecule has 1 rings (SSSR count). The van der Waals surface area contributed by atoms with Crippen LogP contribution < -0.4 is 0 Å². The Kier molecular flexibility index (Phi) is 2.45. The summed E-state index contributed by atoms with van der Waals surface area (Å²) in [5.41, 5.74) is 0. The third kappa shape index (κ3) is 1.64. The fourth-order valence-corrected chi connectivity index (χ4v) is 1.85. The molecule has 2 heteroatoms. The molecule has 0 unspecified atom stereocenters. The normalized spacial score (nSPS) is 9.56. The molecule has 9 heavy (non-hydrogen) atoms. The Morgan fingerprint density at radius 2 is 2.00 bits per heavy atom. The van der Waals surface area contributed by atoms with Crippen molar-refractivity contribution in [2.45, 2.75) is 0 Å². The molecule has 1 radical (unpaired) electrons. The summed E-state index contributed by atoms with van der Waals surface area (Å²) in [5.74, 6) is -0.0483. The number of alkyl halides is 1. The maximum absolute atomic E-state index is 12.6. The predicted molar refractivity (Wildman–Crippen MR) is 45.0 cm³/mol. The lowest BCUT2D eigenvalue weighted by Gasteiger charge is -1.94. The quantitative estimate of drug-likeness (QED) is 0.520. The van der Waals surface area contributed by atoms with Crippen molar-refractivity contribution in [3.05, 3.63) is 33.7 Å². The molecule has 1 aromatic carbocycles. The van der Waals surface area contributed by atoms with Crippen molar-refractivity contribution in [3.63, 3.8) is 0 Å². The lowest BCUT2D eigenvalue weighted by Crippen LogP contribution is -1.78. The van der Waals surface area contributed by atoms with Gasteiger partial charge >= 0.3 is 0 Å². The smallest absolute Gasteiger partial charge is 0.135 e. The standard InChI is InChI=1S/C7H7FI/c1-9-7-5-3-2-4-6(7)8/h2-5H,1H3. The van der Waals surface area contributed by atoms with E-state index in [1.807, 2.05) is 12.1 Å². The van der Waals surface area contributed by atoms with E-state index in [0.29, 0.717) is 0 Å². The zero-order chi connectivity index (χ0) is 6.69. The number of benzene rings is 1. The molecule has 0 fully saturated rings. The van der Waals surface area contributed by atoms with E-state index in [1.165, 1.54) is 6.07 Å². The summed E-state index contributed by atoms with van der Waals surface area (Å²) >= 11 is -0.0874. The van der Waals surface area contributed by atoms with Crippen molar-refractivity contribution in [3.8, 4) is 0 Å². The van der Waals surface area contributed by atoms with Crippen LogP contribution in [0, 0.1) is 9.39 Å². The number of rotatable bonds is 1. The highest BCUT2D eigenvalue weighted by atomic mass is 127. The van der Waals surface area contributed by atoms with E-state index in [9.17, 15) is 4.39 Å². The molecule has 0 amide bonds. The van der Waals surface area contributed by atoms with Gasteiger partial charge in [-0.05, 0) is 17.1 Å². The van der Waals surface area contributed by atoms with Crippen molar-refractivity contribution < 1.29 is 4.39 Å². The molecule has 0 N–H and O–H groups in total. The molecule has 1 aromatic rings. The molecule has 0 nitrogen and oxygen atoms in total. The van der Waals surface area contributed by atoms with Crippen LogP contribution in [0.1, 0.15) is 0 Å². The molecule has 0 aliphatic heterocycles. The maximum Gasteiger partial charge on any atom is 0.135 e. The first-order chi connectivity index (χ1) is 4.34. The molecule has 0 saturated heterocycles. The Hall–Kier alpha value is -0.120. The minimum absolute atomic E-state index is 0.0483. The van der Waals surface area contributed by atoms with E-state index in [4.69, 9.17) is 0 Å². The number of hydrogen-bond donors (Lipinski definition) is 0. The number of hydrogen-bond acceptors (Lipinski definition) is 0.